The Balaban J connectivity index is 1.33. The quantitative estimate of drug-likeness (QED) is 0.700. The average Bonchev–Trinajstić information content (AvgIpc) is 3.28. The summed E-state index contributed by atoms with van der Waals surface area (Å²) in [6, 6.07) is 7.66. The van der Waals surface area contributed by atoms with Crippen LogP contribution < -0.4 is 4.90 Å². The van der Waals surface area contributed by atoms with E-state index >= 15 is 0 Å². The molecular formula is C20H23BrN4O2S. The molecule has 6 nitrogen and oxygen atoms in total. The summed E-state index contributed by atoms with van der Waals surface area (Å²) in [5.74, 6) is -0.137. The van der Waals surface area contributed by atoms with Crippen LogP contribution in [0.2, 0.25) is 0 Å². The number of thiazole rings is 1. The van der Waals surface area contributed by atoms with E-state index in [-0.39, 0.29) is 17.7 Å². The van der Waals surface area contributed by atoms with E-state index in [1.807, 2.05) is 36.1 Å². The van der Waals surface area contributed by atoms with E-state index in [1.165, 1.54) is 0 Å². The van der Waals surface area contributed by atoms with Crippen LogP contribution in [0, 0.1) is 12.8 Å². The number of hydrogen-bond donors (Lipinski definition) is 0. The fraction of sp³-hybridized carbons (Fsp3) is 0.450. The fourth-order valence-corrected chi connectivity index (χ4v) is 4.97. The van der Waals surface area contributed by atoms with E-state index in [4.69, 9.17) is 0 Å². The Morgan fingerprint density at radius 2 is 2.00 bits per heavy atom. The highest BCUT2D eigenvalue weighted by Gasteiger charge is 2.38. The van der Waals surface area contributed by atoms with Crippen molar-refractivity contribution in [1.82, 2.24) is 14.8 Å². The van der Waals surface area contributed by atoms with Crippen molar-refractivity contribution in [2.75, 3.05) is 37.6 Å². The van der Waals surface area contributed by atoms with Crippen molar-refractivity contribution in [1.29, 1.82) is 0 Å². The molecular weight excluding hydrogens is 440 g/mol. The van der Waals surface area contributed by atoms with Gasteiger partial charge in [0.15, 0.2) is 0 Å². The summed E-state index contributed by atoms with van der Waals surface area (Å²) in [5, 5.41) is 3.19. The van der Waals surface area contributed by atoms with Crippen LogP contribution in [-0.2, 0) is 16.1 Å². The summed E-state index contributed by atoms with van der Waals surface area (Å²) in [6.07, 6.45) is 0.290. The van der Waals surface area contributed by atoms with Gasteiger partial charge in [-0.1, -0.05) is 12.1 Å². The maximum absolute atomic E-state index is 13.0. The normalized spacial score (nSPS) is 20.8. The van der Waals surface area contributed by atoms with E-state index in [1.54, 1.807) is 16.2 Å². The van der Waals surface area contributed by atoms with Gasteiger partial charge >= 0.3 is 0 Å². The summed E-state index contributed by atoms with van der Waals surface area (Å²) in [7, 11) is 0. The van der Waals surface area contributed by atoms with Crippen LogP contribution in [0.5, 0.6) is 0 Å². The third-order valence-electron chi connectivity index (χ3n) is 5.35. The number of nitrogens with zero attached hydrogens (tertiary/aromatic N) is 4. The molecule has 4 rings (SSSR count). The molecule has 28 heavy (non-hydrogen) atoms. The smallest absolute Gasteiger partial charge is 0.228 e. The minimum absolute atomic E-state index is 0.0165. The van der Waals surface area contributed by atoms with Gasteiger partial charge in [0.25, 0.3) is 0 Å². The summed E-state index contributed by atoms with van der Waals surface area (Å²) < 4.78 is 0.877. The molecule has 2 saturated heterocycles. The highest BCUT2D eigenvalue weighted by atomic mass is 79.9. The summed E-state index contributed by atoms with van der Waals surface area (Å²) in [5.41, 5.74) is 1.94. The first kappa shape index (κ1) is 19.5. The summed E-state index contributed by atoms with van der Waals surface area (Å²) in [4.78, 5) is 36.0. The van der Waals surface area contributed by atoms with Gasteiger partial charge in [-0.05, 0) is 35.0 Å². The predicted octanol–water partition coefficient (Wildman–Crippen LogP) is 2.91. The molecule has 148 valence electrons. The lowest BCUT2D eigenvalue weighted by Crippen LogP contribution is -2.50. The first-order valence-corrected chi connectivity index (χ1v) is 11.2. The monoisotopic (exact) mass is 462 g/mol. The Morgan fingerprint density at radius 3 is 2.68 bits per heavy atom. The predicted molar refractivity (Wildman–Crippen MR) is 113 cm³/mol. The van der Waals surface area contributed by atoms with Gasteiger partial charge in [0.1, 0.15) is 0 Å². The Morgan fingerprint density at radius 1 is 1.25 bits per heavy atom. The second-order valence-electron chi connectivity index (χ2n) is 7.32. The zero-order valence-electron chi connectivity index (χ0n) is 15.8. The molecule has 2 amide bonds. The van der Waals surface area contributed by atoms with Gasteiger partial charge in [0.2, 0.25) is 11.8 Å². The van der Waals surface area contributed by atoms with Crippen LogP contribution in [0.3, 0.4) is 0 Å². The lowest BCUT2D eigenvalue weighted by atomic mass is 10.1. The molecule has 0 bridgehead atoms. The van der Waals surface area contributed by atoms with Crippen molar-refractivity contribution in [2.24, 2.45) is 5.92 Å². The number of amides is 2. The van der Waals surface area contributed by atoms with Crippen molar-refractivity contribution in [3.8, 4) is 0 Å². The zero-order chi connectivity index (χ0) is 19.7. The van der Waals surface area contributed by atoms with Crippen molar-refractivity contribution in [3.05, 3.63) is 44.8 Å². The Bertz CT molecular complexity index is 879. The molecule has 2 fully saturated rings. The topological polar surface area (TPSA) is 56.8 Å². The van der Waals surface area contributed by atoms with Gasteiger partial charge in [0, 0.05) is 55.5 Å². The molecule has 1 aromatic carbocycles. The summed E-state index contributed by atoms with van der Waals surface area (Å²) in [6.45, 7) is 6.42. The zero-order valence-corrected chi connectivity index (χ0v) is 18.2. The lowest BCUT2D eigenvalue weighted by Gasteiger charge is -2.35. The number of benzene rings is 1. The van der Waals surface area contributed by atoms with Gasteiger partial charge in [-0.3, -0.25) is 14.5 Å². The standard InChI is InChI=1S/C20H23BrN4O2S/c1-14-22-16(13-28-14)12-23-6-8-24(9-7-23)20(27)15-10-19(26)25(11-15)18-5-3-2-4-17(18)21/h2-5,13,15H,6-12H2,1H3. The number of carbonyl (C=O) groups is 2. The van der Waals surface area contributed by atoms with Crippen LogP contribution in [0.25, 0.3) is 0 Å². The number of aromatic nitrogens is 1. The molecule has 8 heteroatoms. The number of para-hydroxylation sites is 1. The molecule has 0 aliphatic carbocycles. The van der Waals surface area contributed by atoms with E-state index in [0.717, 1.165) is 40.5 Å². The number of hydrogen-bond acceptors (Lipinski definition) is 5. The van der Waals surface area contributed by atoms with E-state index in [9.17, 15) is 9.59 Å². The lowest BCUT2D eigenvalue weighted by molar-refractivity contribution is -0.137. The Labute approximate surface area is 177 Å². The Kier molecular flexibility index (Phi) is 5.80. The molecule has 0 spiro atoms. The van der Waals surface area contributed by atoms with Gasteiger partial charge in [-0.25, -0.2) is 4.98 Å². The SMILES string of the molecule is Cc1nc(CN2CCN(C(=O)C3CC(=O)N(c4ccccc4Br)C3)CC2)cs1. The molecule has 1 atom stereocenters. The molecule has 0 radical (unpaired) electrons. The summed E-state index contributed by atoms with van der Waals surface area (Å²) >= 11 is 5.18. The molecule has 1 aromatic heterocycles. The van der Waals surface area contributed by atoms with Gasteiger partial charge < -0.3 is 9.80 Å². The van der Waals surface area contributed by atoms with E-state index in [0.29, 0.717) is 26.1 Å². The minimum Gasteiger partial charge on any atom is -0.340 e. The number of halogens is 1. The van der Waals surface area contributed by atoms with Crippen LogP contribution in [0.15, 0.2) is 34.1 Å². The van der Waals surface area contributed by atoms with E-state index < -0.39 is 0 Å². The maximum Gasteiger partial charge on any atom is 0.228 e. The maximum atomic E-state index is 13.0. The van der Waals surface area contributed by atoms with Crippen molar-refractivity contribution in [3.63, 3.8) is 0 Å². The molecule has 2 aliphatic rings. The van der Waals surface area contributed by atoms with Crippen LogP contribution in [-0.4, -0.2) is 59.3 Å². The molecule has 1 unspecified atom stereocenters. The van der Waals surface area contributed by atoms with Crippen molar-refractivity contribution in [2.45, 2.75) is 19.9 Å². The van der Waals surface area contributed by atoms with Gasteiger partial charge in [-0.2, -0.15) is 0 Å². The molecule has 0 N–H and O–H groups in total. The number of anilines is 1. The minimum atomic E-state index is -0.257. The van der Waals surface area contributed by atoms with Crippen molar-refractivity contribution >= 4 is 44.8 Å². The average molecular weight is 463 g/mol. The third kappa shape index (κ3) is 4.14. The molecule has 2 aliphatic heterocycles. The van der Waals surface area contributed by atoms with Crippen LogP contribution in [0.4, 0.5) is 5.69 Å². The highest BCUT2D eigenvalue weighted by Crippen LogP contribution is 2.32. The second-order valence-corrected chi connectivity index (χ2v) is 9.23. The molecule has 3 heterocycles. The van der Waals surface area contributed by atoms with E-state index in [2.05, 4.69) is 31.2 Å². The second kappa shape index (κ2) is 8.31. The number of piperazine rings is 1. The number of carbonyl (C=O) groups excluding carboxylic acids is 2. The molecule has 0 saturated carbocycles. The fourth-order valence-electron chi connectivity index (χ4n) is 3.87. The first-order valence-electron chi connectivity index (χ1n) is 9.48. The Hall–Kier alpha value is -1.77. The van der Waals surface area contributed by atoms with Crippen LogP contribution >= 0.6 is 27.3 Å². The number of rotatable bonds is 4. The molecule has 2 aromatic rings. The van der Waals surface area contributed by atoms with Gasteiger partial charge in [0.05, 0.1) is 22.3 Å². The van der Waals surface area contributed by atoms with Crippen molar-refractivity contribution < 1.29 is 9.59 Å². The van der Waals surface area contributed by atoms with Gasteiger partial charge in [-0.15, -0.1) is 11.3 Å². The van der Waals surface area contributed by atoms with Crippen LogP contribution in [0.1, 0.15) is 17.1 Å². The third-order valence-corrected chi connectivity index (χ3v) is 6.85. The number of aryl methyl sites for hydroxylation is 1. The highest BCUT2D eigenvalue weighted by molar-refractivity contribution is 9.10. The first-order chi connectivity index (χ1) is 13.5. The largest absolute Gasteiger partial charge is 0.340 e.